The highest BCUT2D eigenvalue weighted by Gasteiger charge is 2.36. The van der Waals surface area contributed by atoms with Gasteiger partial charge in [0.2, 0.25) is 0 Å². The molecule has 0 aromatic heterocycles. The molecule has 1 N–H and O–H groups in total. The normalized spacial score (nSPS) is 17.6. The summed E-state index contributed by atoms with van der Waals surface area (Å²) in [6.07, 6.45) is -3.67. The molecule has 0 radical (unpaired) electrons. The zero-order valence-corrected chi connectivity index (χ0v) is 14.4. The van der Waals surface area contributed by atoms with Crippen molar-refractivity contribution in [2.45, 2.75) is 25.3 Å². The summed E-state index contributed by atoms with van der Waals surface area (Å²) < 4.78 is 67.9. The summed E-state index contributed by atoms with van der Waals surface area (Å²) in [5.74, 6) is -4.98. The van der Waals surface area contributed by atoms with Gasteiger partial charge in [0, 0.05) is 18.2 Å². The smallest absolute Gasteiger partial charge is 0.503 e. The SMILES string of the molecule is CC(F)(F)c1cccc(C2C=C(O)C(=O)N2c2ccc(OC(F)(F)F)cc2)c1. The van der Waals surface area contributed by atoms with Gasteiger partial charge < -0.3 is 9.84 Å². The Labute approximate surface area is 156 Å². The number of amides is 1. The van der Waals surface area contributed by atoms with Crippen LogP contribution in [0, 0.1) is 0 Å². The van der Waals surface area contributed by atoms with Crippen molar-refractivity contribution in [2.75, 3.05) is 4.90 Å². The molecule has 0 spiro atoms. The van der Waals surface area contributed by atoms with E-state index in [1.165, 1.54) is 42.5 Å². The molecule has 1 aliphatic rings. The molecule has 28 heavy (non-hydrogen) atoms. The lowest BCUT2D eigenvalue weighted by Crippen LogP contribution is -2.29. The van der Waals surface area contributed by atoms with Gasteiger partial charge in [0.05, 0.1) is 6.04 Å². The lowest BCUT2D eigenvalue weighted by molar-refractivity contribution is -0.274. The first-order chi connectivity index (χ1) is 13.0. The minimum Gasteiger partial charge on any atom is -0.503 e. The molecule has 1 atom stereocenters. The Bertz CT molecular complexity index is 916. The van der Waals surface area contributed by atoms with Crippen LogP contribution in [0.3, 0.4) is 0 Å². The second-order valence-corrected chi connectivity index (χ2v) is 6.23. The Kier molecular flexibility index (Phi) is 4.78. The second-order valence-electron chi connectivity index (χ2n) is 6.23. The number of nitrogens with zero attached hydrogens (tertiary/aromatic N) is 1. The van der Waals surface area contributed by atoms with Crippen LogP contribution < -0.4 is 9.64 Å². The largest absolute Gasteiger partial charge is 0.573 e. The predicted molar refractivity (Wildman–Crippen MR) is 90.1 cm³/mol. The third kappa shape index (κ3) is 4.08. The maximum Gasteiger partial charge on any atom is 0.573 e. The van der Waals surface area contributed by atoms with Gasteiger partial charge in [-0.15, -0.1) is 13.2 Å². The molecule has 148 valence electrons. The summed E-state index contributed by atoms with van der Waals surface area (Å²) >= 11 is 0. The van der Waals surface area contributed by atoms with Crippen molar-refractivity contribution in [1.82, 2.24) is 0 Å². The summed E-state index contributed by atoms with van der Waals surface area (Å²) in [6, 6.07) is 8.89. The highest BCUT2D eigenvalue weighted by Crippen LogP contribution is 2.38. The number of hydrogen-bond acceptors (Lipinski definition) is 3. The summed E-state index contributed by atoms with van der Waals surface area (Å²) in [6.45, 7) is 0.733. The van der Waals surface area contributed by atoms with Crippen LogP contribution in [-0.2, 0) is 10.7 Å². The van der Waals surface area contributed by atoms with E-state index in [0.29, 0.717) is 5.56 Å². The minimum atomic E-state index is -4.86. The summed E-state index contributed by atoms with van der Waals surface area (Å²) in [7, 11) is 0. The number of aliphatic hydroxyl groups is 1. The van der Waals surface area contributed by atoms with Crippen molar-refractivity contribution in [2.24, 2.45) is 0 Å². The highest BCUT2D eigenvalue weighted by atomic mass is 19.4. The van der Waals surface area contributed by atoms with Crippen molar-refractivity contribution in [1.29, 1.82) is 0 Å². The van der Waals surface area contributed by atoms with E-state index in [-0.39, 0.29) is 11.3 Å². The van der Waals surface area contributed by atoms with Crippen LogP contribution in [0.25, 0.3) is 0 Å². The molecule has 0 saturated carbocycles. The fourth-order valence-corrected chi connectivity index (χ4v) is 2.87. The molecule has 2 aromatic carbocycles. The predicted octanol–water partition coefficient (Wildman–Crippen LogP) is 5.23. The average molecular weight is 399 g/mol. The molecule has 2 aromatic rings. The average Bonchev–Trinajstić information content (AvgIpc) is 2.89. The van der Waals surface area contributed by atoms with Gasteiger partial charge in [0.25, 0.3) is 11.8 Å². The molecule has 1 heterocycles. The first kappa shape index (κ1) is 19.7. The molecule has 1 aliphatic heterocycles. The van der Waals surface area contributed by atoms with E-state index in [0.717, 1.165) is 24.0 Å². The van der Waals surface area contributed by atoms with Crippen LogP contribution in [0.5, 0.6) is 5.75 Å². The monoisotopic (exact) mass is 399 g/mol. The van der Waals surface area contributed by atoms with E-state index in [4.69, 9.17) is 0 Å². The molecular formula is C19H14F5NO3. The first-order valence-corrected chi connectivity index (χ1v) is 8.04. The number of aliphatic hydroxyl groups excluding tert-OH is 1. The number of carbonyl (C=O) groups is 1. The summed E-state index contributed by atoms with van der Waals surface area (Å²) in [4.78, 5) is 13.4. The zero-order chi connectivity index (χ0) is 20.7. The Morgan fingerprint density at radius 1 is 1.04 bits per heavy atom. The third-order valence-corrected chi connectivity index (χ3v) is 4.12. The number of halogens is 5. The molecule has 0 fully saturated rings. The number of rotatable bonds is 4. The molecule has 1 amide bonds. The van der Waals surface area contributed by atoms with E-state index in [1.54, 1.807) is 0 Å². The van der Waals surface area contributed by atoms with Crippen molar-refractivity contribution >= 4 is 11.6 Å². The number of alkyl halides is 5. The lowest BCUT2D eigenvalue weighted by Gasteiger charge is -2.26. The third-order valence-electron chi connectivity index (χ3n) is 4.12. The molecule has 0 bridgehead atoms. The molecule has 4 nitrogen and oxygen atoms in total. The van der Waals surface area contributed by atoms with Gasteiger partial charge in [-0.1, -0.05) is 18.2 Å². The Morgan fingerprint density at radius 2 is 1.68 bits per heavy atom. The van der Waals surface area contributed by atoms with E-state index >= 15 is 0 Å². The van der Waals surface area contributed by atoms with E-state index in [9.17, 15) is 31.9 Å². The zero-order valence-electron chi connectivity index (χ0n) is 14.4. The number of anilines is 1. The Balaban J connectivity index is 1.95. The summed E-state index contributed by atoms with van der Waals surface area (Å²) in [5, 5.41) is 9.85. The molecule has 9 heteroatoms. The van der Waals surface area contributed by atoms with Crippen molar-refractivity contribution in [3.63, 3.8) is 0 Å². The van der Waals surface area contributed by atoms with Gasteiger partial charge in [-0.2, -0.15) is 0 Å². The molecular weight excluding hydrogens is 385 g/mol. The maximum absolute atomic E-state index is 13.6. The van der Waals surface area contributed by atoms with Crippen molar-refractivity contribution in [3.8, 4) is 5.75 Å². The van der Waals surface area contributed by atoms with Crippen LogP contribution >= 0.6 is 0 Å². The fraction of sp³-hybridized carbons (Fsp3) is 0.211. The molecule has 0 aliphatic carbocycles. The number of carbonyl (C=O) groups excluding carboxylic acids is 1. The maximum atomic E-state index is 13.6. The molecule has 0 saturated heterocycles. The fourth-order valence-electron chi connectivity index (χ4n) is 2.87. The van der Waals surface area contributed by atoms with Gasteiger partial charge in [0.1, 0.15) is 5.75 Å². The van der Waals surface area contributed by atoms with E-state index in [2.05, 4.69) is 4.74 Å². The van der Waals surface area contributed by atoms with Gasteiger partial charge in [-0.25, -0.2) is 8.78 Å². The Morgan fingerprint density at radius 3 is 2.25 bits per heavy atom. The highest BCUT2D eigenvalue weighted by molar-refractivity contribution is 6.07. The van der Waals surface area contributed by atoms with Crippen molar-refractivity contribution < 1.29 is 36.6 Å². The number of benzene rings is 2. The quantitative estimate of drug-likeness (QED) is 0.717. The topological polar surface area (TPSA) is 49.8 Å². The number of hydrogen-bond donors (Lipinski definition) is 1. The second kappa shape index (κ2) is 6.81. The van der Waals surface area contributed by atoms with E-state index in [1.807, 2.05) is 0 Å². The van der Waals surface area contributed by atoms with Crippen LogP contribution in [0.2, 0.25) is 0 Å². The van der Waals surface area contributed by atoms with E-state index < -0.39 is 35.7 Å². The van der Waals surface area contributed by atoms with Crippen LogP contribution in [-0.4, -0.2) is 17.4 Å². The summed E-state index contributed by atoms with van der Waals surface area (Å²) in [5.41, 5.74) is 0.205. The van der Waals surface area contributed by atoms with Crippen LogP contribution in [0.4, 0.5) is 27.6 Å². The standard InChI is InChI=1S/C19H14F5NO3/c1-18(20,21)12-4-2-3-11(9-12)15-10-16(26)17(27)25(15)13-5-7-14(8-6-13)28-19(22,23)24/h2-10,15,26H,1H3. The minimum absolute atomic E-state index is 0.165. The Hall–Kier alpha value is -3.10. The van der Waals surface area contributed by atoms with Crippen molar-refractivity contribution in [3.05, 3.63) is 71.5 Å². The molecule has 3 rings (SSSR count). The van der Waals surface area contributed by atoms with Crippen LogP contribution in [0.1, 0.15) is 24.1 Å². The molecule has 1 unspecified atom stereocenters. The van der Waals surface area contributed by atoms with Gasteiger partial charge >= 0.3 is 6.36 Å². The lowest BCUT2D eigenvalue weighted by atomic mass is 10.0. The van der Waals surface area contributed by atoms with Gasteiger partial charge in [-0.3, -0.25) is 9.69 Å². The number of ether oxygens (including phenoxy) is 1. The van der Waals surface area contributed by atoms with Gasteiger partial charge in [-0.05, 0) is 42.0 Å². The van der Waals surface area contributed by atoms with Crippen LogP contribution in [0.15, 0.2) is 60.4 Å². The first-order valence-electron chi connectivity index (χ1n) is 8.04. The van der Waals surface area contributed by atoms with Gasteiger partial charge in [0.15, 0.2) is 5.76 Å².